The summed E-state index contributed by atoms with van der Waals surface area (Å²) >= 11 is 0. The highest BCUT2D eigenvalue weighted by Gasteiger charge is 2.35. The minimum atomic E-state index is -0.258. The van der Waals surface area contributed by atoms with Gasteiger partial charge in [0.05, 0.1) is 17.6 Å². The quantitative estimate of drug-likeness (QED) is 0.508. The molecule has 0 bridgehead atoms. The number of H-pyrrole nitrogens is 1. The van der Waals surface area contributed by atoms with Gasteiger partial charge in [-0.2, -0.15) is 0 Å². The molecule has 1 aromatic carbocycles. The lowest BCUT2D eigenvalue weighted by molar-refractivity contribution is -0.950. The Morgan fingerprint density at radius 3 is 2.61 bits per heavy atom. The Kier molecular flexibility index (Phi) is 6.91. The number of pyridine rings is 1. The first kappa shape index (κ1) is 23.1. The van der Waals surface area contributed by atoms with Gasteiger partial charge in [-0.25, -0.2) is 4.68 Å². The van der Waals surface area contributed by atoms with Gasteiger partial charge in [-0.15, -0.1) is 5.10 Å². The molecule has 2 atom stereocenters. The van der Waals surface area contributed by atoms with Crippen LogP contribution >= 0.6 is 0 Å². The molecular formula is C23H35N6O2+. The normalized spacial score (nSPS) is 14.3. The molecule has 8 heteroatoms. The van der Waals surface area contributed by atoms with Crippen LogP contribution in [0.3, 0.4) is 0 Å². The number of fused-ring (bicyclic) bond motifs is 1. The number of benzene rings is 1. The van der Waals surface area contributed by atoms with Crippen molar-refractivity contribution in [1.29, 1.82) is 0 Å². The van der Waals surface area contributed by atoms with Gasteiger partial charge in [-0.3, -0.25) is 4.79 Å². The highest BCUT2D eigenvalue weighted by atomic mass is 16.3. The number of aryl methyl sites for hydroxylation is 1. The zero-order valence-corrected chi connectivity index (χ0v) is 19.4. The molecule has 2 heterocycles. The number of hydrogen-bond acceptors (Lipinski definition) is 5. The first-order valence-corrected chi connectivity index (χ1v) is 11.0. The van der Waals surface area contributed by atoms with E-state index in [-0.39, 0.29) is 29.7 Å². The first-order chi connectivity index (χ1) is 14.6. The molecule has 0 saturated carbocycles. The fourth-order valence-corrected chi connectivity index (χ4v) is 4.23. The molecule has 0 aliphatic carbocycles. The zero-order valence-electron chi connectivity index (χ0n) is 19.4. The van der Waals surface area contributed by atoms with Crippen LogP contribution in [0.1, 0.15) is 64.0 Å². The molecule has 0 saturated heterocycles. The van der Waals surface area contributed by atoms with E-state index in [1.54, 1.807) is 0 Å². The summed E-state index contributed by atoms with van der Waals surface area (Å²) in [6, 6.07) is 8.00. The second-order valence-electron chi connectivity index (χ2n) is 9.72. The maximum Gasteiger partial charge on any atom is 0.257 e. The van der Waals surface area contributed by atoms with E-state index in [2.05, 4.69) is 61.2 Å². The van der Waals surface area contributed by atoms with Crippen molar-refractivity contribution in [2.75, 3.05) is 13.2 Å². The summed E-state index contributed by atoms with van der Waals surface area (Å²) < 4.78 is 1.88. The van der Waals surface area contributed by atoms with Gasteiger partial charge in [0.15, 0.2) is 6.04 Å². The van der Waals surface area contributed by atoms with Crippen molar-refractivity contribution in [1.82, 2.24) is 25.2 Å². The topological polar surface area (TPSA) is 101 Å². The minimum Gasteiger partial charge on any atom is -0.396 e. The predicted octanol–water partition coefficient (Wildman–Crippen LogP) is 1.74. The van der Waals surface area contributed by atoms with Crippen molar-refractivity contribution in [2.24, 2.45) is 5.92 Å². The van der Waals surface area contributed by atoms with E-state index in [4.69, 9.17) is 0 Å². The van der Waals surface area contributed by atoms with Crippen molar-refractivity contribution < 1.29 is 10.0 Å². The van der Waals surface area contributed by atoms with Crippen LogP contribution in [0.15, 0.2) is 29.1 Å². The largest absolute Gasteiger partial charge is 0.396 e. The summed E-state index contributed by atoms with van der Waals surface area (Å²) in [5.74, 6) is 1.05. The molecular weight excluding hydrogens is 392 g/mol. The number of aromatic nitrogens is 5. The van der Waals surface area contributed by atoms with Crippen LogP contribution in [-0.2, 0) is 12.1 Å². The van der Waals surface area contributed by atoms with Gasteiger partial charge in [0.25, 0.3) is 5.56 Å². The fraction of sp³-hybridized carbons (Fsp3) is 0.565. The van der Waals surface area contributed by atoms with Crippen LogP contribution in [0.25, 0.3) is 10.9 Å². The number of nitrogens with zero attached hydrogens (tertiary/aromatic N) is 4. The Morgan fingerprint density at radius 2 is 1.97 bits per heavy atom. The van der Waals surface area contributed by atoms with Crippen LogP contribution in [0.5, 0.6) is 0 Å². The van der Waals surface area contributed by atoms with Crippen molar-refractivity contribution in [3.05, 3.63) is 51.6 Å². The van der Waals surface area contributed by atoms with Gasteiger partial charge < -0.3 is 15.0 Å². The molecule has 168 valence electrons. The van der Waals surface area contributed by atoms with E-state index in [1.165, 1.54) is 4.90 Å². The Labute approximate surface area is 183 Å². The van der Waals surface area contributed by atoms with Gasteiger partial charge in [0.1, 0.15) is 6.54 Å². The van der Waals surface area contributed by atoms with Gasteiger partial charge in [-0.05, 0) is 61.7 Å². The summed E-state index contributed by atoms with van der Waals surface area (Å²) in [5, 5.41) is 23.1. The fourth-order valence-electron chi connectivity index (χ4n) is 4.23. The average Bonchev–Trinajstić information content (AvgIpc) is 3.16. The van der Waals surface area contributed by atoms with Crippen LogP contribution in [-0.4, -0.2) is 43.4 Å². The van der Waals surface area contributed by atoms with E-state index >= 15 is 0 Å². The summed E-state index contributed by atoms with van der Waals surface area (Å²) in [6.45, 7) is 13.9. The molecule has 0 amide bonds. The van der Waals surface area contributed by atoms with Crippen LogP contribution in [0.2, 0.25) is 0 Å². The van der Waals surface area contributed by atoms with E-state index in [9.17, 15) is 9.90 Å². The molecule has 3 rings (SSSR count). The standard InChI is InChI=1S/C23H34N6O2/c1-15(2)20(21-25-26-27-29(21)23(4,5)6)28(10-7-11-30)14-18-13-17-12-16(3)8-9-19(17)24-22(18)31/h8-9,12-13,15,20,30H,7,10-11,14H2,1-6H3,(H,24,31)/p+1/t20-/m0/s1. The molecule has 0 aliphatic heterocycles. The molecule has 0 fully saturated rings. The summed E-state index contributed by atoms with van der Waals surface area (Å²) in [7, 11) is 0. The SMILES string of the molecule is Cc1ccc2[nH]c(=O)c(C[NH+](CCCO)[C@H](c3nnnn3C(C)(C)C)C(C)C)cc2c1. The molecule has 3 N–H and O–H groups in total. The van der Waals surface area contributed by atoms with Gasteiger partial charge in [-0.1, -0.05) is 25.5 Å². The van der Waals surface area contributed by atoms with Crippen molar-refractivity contribution in [2.45, 2.75) is 66.1 Å². The number of hydrogen-bond donors (Lipinski definition) is 3. The third kappa shape index (κ3) is 5.19. The molecule has 1 unspecified atom stereocenters. The highest BCUT2D eigenvalue weighted by molar-refractivity contribution is 5.79. The zero-order chi connectivity index (χ0) is 22.8. The smallest absolute Gasteiger partial charge is 0.257 e. The number of rotatable bonds is 8. The maximum absolute atomic E-state index is 12.9. The lowest BCUT2D eigenvalue weighted by Gasteiger charge is -2.32. The van der Waals surface area contributed by atoms with E-state index < -0.39 is 0 Å². The predicted molar refractivity (Wildman–Crippen MR) is 121 cm³/mol. The number of aliphatic hydroxyl groups is 1. The Bertz CT molecular complexity index is 1080. The second kappa shape index (κ2) is 9.28. The van der Waals surface area contributed by atoms with Crippen molar-refractivity contribution in [3.63, 3.8) is 0 Å². The lowest BCUT2D eigenvalue weighted by atomic mass is 9.98. The minimum absolute atomic E-state index is 0.0200. The average molecular weight is 428 g/mol. The number of nitrogens with one attached hydrogen (secondary N) is 2. The van der Waals surface area contributed by atoms with Gasteiger partial charge in [0, 0.05) is 24.5 Å². The highest BCUT2D eigenvalue weighted by Crippen LogP contribution is 2.22. The second-order valence-corrected chi connectivity index (χ2v) is 9.72. The first-order valence-electron chi connectivity index (χ1n) is 11.0. The Balaban J connectivity index is 2.04. The lowest BCUT2D eigenvalue weighted by Crippen LogP contribution is -3.12. The molecule has 0 spiro atoms. The molecule has 2 aromatic heterocycles. The van der Waals surface area contributed by atoms with E-state index in [0.29, 0.717) is 19.5 Å². The summed E-state index contributed by atoms with van der Waals surface area (Å²) in [5.41, 5.74) is 2.39. The molecule has 3 aromatic rings. The van der Waals surface area contributed by atoms with Crippen LogP contribution < -0.4 is 10.5 Å². The van der Waals surface area contributed by atoms with Gasteiger partial charge >= 0.3 is 0 Å². The number of aliphatic hydroxyl groups excluding tert-OH is 1. The number of tetrazole rings is 1. The Morgan fingerprint density at radius 1 is 1.23 bits per heavy atom. The number of aromatic amines is 1. The third-order valence-electron chi connectivity index (χ3n) is 5.66. The van der Waals surface area contributed by atoms with E-state index in [1.807, 2.05) is 29.8 Å². The van der Waals surface area contributed by atoms with Crippen LogP contribution in [0, 0.1) is 12.8 Å². The van der Waals surface area contributed by atoms with Crippen molar-refractivity contribution in [3.8, 4) is 0 Å². The number of quaternary nitrogens is 1. The monoisotopic (exact) mass is 427 g/mol. The summed E-state index contributed by atoms with van der Waals surface area (Å²) in [6.07, 6.45) is 0.639. The third-order valence-corrected chi connectivity index (χ3v) is 5.66. The molecule has 8 nitrogen and oxygen atoms in total. The van der Waals surface area contributed by atoms with Crippen LogP contribution in [0.4, 0.5) is 0 Å². The molecule has 0 aliphatic rings. The maximum atomic E-state index is 12.9. The van der Waals surface area contributed by atoms with Gasteiger partial charge in [0.2, 0.25) is 5.82 Å². The van der Waals surface area contributed by atoms with E-state index in [0.717, 1.165) is 27.9 Å². The Hall–Kier alpha value is -2.58. The van der Waals surface area contributed by atoms with Crippen molar-refractivity contribution >= 4 is 10.9 Å². The molecule has 31 heavy (non-hydrogen) atoms. The molecule has 0 radical (unpaired) electrons. The summed E-state index contributed by atoms with van der Waals surface area (Å²) in [4.78, 5) is 17.1.